The van der Waals surface area contributed by atoms with Crippen LogP contribution in [0.25, 0.3) is 0 Å². The number of carboxylic acids is 1. The lowest BCUT2D eigenvalue weighted by molar-refractivity contribution is -0.143. The maximum atomic E-state index is 11.2. The van der Waals surface area contributed by atoms with Gasteiger partial charge in [-0.15, -0.1) is 0 Å². The second kappa shape index (κ2) is 6.21. The summed E-state index contributed by atoms with van der Waals surface area (Å²) in [5.41, 5.74) is 1.09. The molecule has 1 aromatic rings. The summed E-state index contributed by atoms with van der Waals surface area (Å²) in [5, 5.41) is 13.3. The van der Waals surface area contributed by atoms with Crippen molar-refractivity contribution in [3.63, 3.8) is 0 Å². The fourth-order valence-corrected chi connectivity index (χ4v) is 2.78. The molecule has 98 valence electrons. The van der Waals surface area contributed by atoms with E-state index in [9.17, 15) is 9.90 Å². The third-order valence-corrected chi connectivity index (χ3v) is 3.78. The van der Waals surface area contributed by atoms with E-state index in [4.69, 9.17) is 11.6 Å². The first-order valence-corrected chi connectivity index (χ1v) is 6.75. The molecule has 3 nitrogen and oxygen atoms in total. The standard InChI is InChI=1S/C14H18ClNO2/c15-11-5-3-4-10(8-11)9-16-13-7-2-1-6-12(13)14(17)18/h3-5,8,12-13,16H,1-2,6-7,9H2,(H,17,18)/t12-,13+/m0/s1. The highest BCUT2D eigenvalue weighted by Gasteiger charge is 2.30. The lowest BCUT2D eigenvalue weighted by Gasteiger charge is -2.29. The molecule has 0 spiro atoms. The van der Waals surface area contributed by atoms with E-state index in [1.54, 1.807) is 0 Å². The van der Waals surface area contributed by atoms with Gasteiger partial charge >= 0.3 is 5.97 Å². The van der Waals surface area contributed by atoms with E-state index < -0.39 is 5.97 Å². The molecule has 1 saturated carbocycles. The SMILES string of the molecule is O=C(O)[C@H]1CCCC[C@H]1NCc1cccc(Cl)c1. The summed E-state index contributed by atoms with van der Waals surface area (Å²) in [5.74, 6) is -0.934. The van der Waals surface area contributed by atoms with Gasteiger partial charge in [0.15, 0.2) is 0 Å². The van der Waals surface area contributed by atoms with Crippen molar-refractivity contribution in [2.24, 2.45) is 5.92 Å². The number of rotatable bonds is 4. The highest BCUT2D eigenvalue weighted by Crippen LogP contribution is 2.25. The van der Waals surface area contributed by atoms with Gasteiger partial charge in [0.05, 0.1) is 5.92 Å². The molecular weight excluding hydrogens is 250 g/mol. The third kappa shape index (κ3) is 3.47. The minimum absolute atomic E-state index is 0.0789. The summed E-state index contributed by atoms with van der Waals surface area (Å²) in [6.45, 7) is 0.676. The van der Waals surface area contributed by atoms with Crippen LogP contribution in [0.1, 0.15) is 31.2 Å². The minimum Gasteiger partial charge on any atom is -0.481 e. The fraction of sp³-hybridized carbons (Fsp3) is 0.500. The smallest absolute Gasteiger partial charge is 0.308 e. The number of benzene rings is 1. The summed E-state index contributed by atoms with van der Waals surface area (Å²) in [7, 11) is 0. The number of aliphatic carboxylic acids is 1. The van der Waals surface area contributed by atoms with Crippen LogP contribution in [0.2, 0.25) is 5.02 Å². The van der Waals surface area contributed by atoms with Crippen molar-refractivity contribution in [3.8, 4) is 0 Å². The van der Waals surface area contributed by atoms with Gasteiger partial charge in [0.1, 0.15) is 0 Å². The maximum absolute atomic E-state index is 11.2. The van der Waals surface area contributed by atoms with Crippen LogP contribution in [0.3, 0.4) is 0 Å². The minimum atomic E-state index is -0.682. The molecule has 18 heavy (non-hydrogen) atoms. The first kappa shape index (κ1) is 13.4. The lowest BCUT2D eigenvalue weighted by Crippen LogP contribution is -2.41. The van der Waals surface area contributed by atoms with Crippen LogP contribution in [0.15, 0.2) is 24.3 Å². The quantitative estimate of drug-likeness (QED) is 0.881. The number of carbonyl (C=O) groups is 1. The Bertz CT molecular complexity index is 422. The molecule has 0 saturated heterocycles. The molecule has 2 atom stereocenters. The summed E-state index contributed by atoms with van der Waals surface area (Å²) < 4.78 is 0. The molecule has 0 heterocycles. The Hall–Kier alpha value is -1.06. The van der Waals surface area contributed by atoms with E-state index in [0.717, 1.165) is 31.2 Å². The van der Waals surface area contributed by atoms with Crippen molar-refractivity contribution in [3.05, 3.63) is 34.9 Å². The van der Waals surface area contributed by atoms with Gasteiger partial charge in [-0.25, -0.2) is 0 Å². The van der Waals surface area contributed by atoms with Crippen LogP contribution in [-0.2, 0) is 11.3 Å². The molecule has 2 N–H and O–H groups in total. The average molecular weight is 268 g/mol. The molecular formula is C14H18ClNO2. The average Bonchev–Trinajstić information content (AvgIpc) is 2.37. The van der Waals surface area contributed by atoms with Gasteiger partial charge in [0.25, 0.3) is 0 Å². The van der Waals surface area contributed by atoms with E-state index in [2.05, 4.69) is 5.32 Å². The van der Waals surface area contributed by atoms with Gasteiger partial charge in [-0.2, -0.15) is 0 Å². The third-order valence-electron chi connectivity index (χ3n) is 3.54. The molecule has 1 aliphatic carbocycles. The Balaban J connectivity index is 1.93. The van der Waals surface area contributed by atoms with E-state index in [-0.39, 0.29) is 12.0 Å². The molecule has 1 aromatic carbocycles. The van der Waals surface area contributed by atoms with Crippen LogP contribution < -0.4 is 5.32 Å². The van der Waals surface area contributed by atoms with Gasteiger partial charge in [-0.3, -0.25) is 4.79 Å². The normalized spacial score (nSPS) is 23.8. The van der Waals surface area contributed by atoms with Crippen molar-refractivity contribution >= 4 is 17.6 Å². The van der Waals surface area contributed by atoms with Crippen LogP contribution >= 0.6 is 11.6 Å². The molecule has 0 bridgehead atoms. The summed E-state index contributed by atoms with van der Waals surface area (Å²) in [6.07, 6.45) is 3.85. The van der Waals surface area contributed by atoms with Crippen molar-refractivity contribution in [2.75, 3.05) is 0 Å². The predicted octanol–water partition coefficient (Wildman–Crippen LogP) is 3.07. The Morgan fingerprint density at radius 2 is 2.17 bits per heavy atom. The van der Waals surface area contributed by atoms with Gasteiger partial charge in [-0.1, -0.05) is 36.6 Å². The largest absolute Gasteiger partial charge is 0.481 e. The maximum Gasteiger partial charge on any atom is 0.308 e. The highest BCUT2D eigenvalue weighted by molar-refractivity contribution is 6.30. The van der Waals surface area contributed by atoms with Crippen LogP contribution in [-0.4, -0.2) is 17.1 Å². The van der Waals surface area contributed by atoms with Gasteiger partial charge < -0.3 is 10.4 Å². The van der Waals surface area contributed by atoms with E-state index in [0.29, 0.717) is 11.6 Å². The van der Waals surface area contributed by atoms with E-state index >= 15 is 0 Å². The van der Waals surface area contributed by atoms with Crippen molar-refractivity contribution in [1.29, 1.82) is 0 Å². The molecule has 1 aliphatic rings. The molecule has 4 heteroatoms. The summed E-state index contributed by atoms with van der Waals surface area (Å²) in [4.78, 5) is 11.2. The first-order chi connectivity index (χ1) is 8.66. The predicted molar refractivity (Wildman–Crippen MR) is 71.7 cm³/mol. The summed E-state index contributed by atoms with van der Waals surface area (Å²) >= 11 is 5.92. The molecule has 0 radical (unpaired) electrons. The number of hydrogen-bond donors (Lipinski definition) is 2. The Morgan fingerprint density at radius 3 is 2.89 bits per heavy atom. The fourth-order valence-electron chi connectivity index (χ4n) is 2.57. The number of nitrogens with one attached hydrogen (secondary N) is 1. The number of hydrogen-bond acceptors (Lipinski definition) is 2. The molecule has 0 aliphatic heterocycles. The summed E-state index contributed by atoms with van der Waals surface area (Å²) in [6, 6.07) is 7.74. The number of halogens is 1. The van der Waals surface area contributed by atoms with Crippen LogP contribution in [0.4, 0.5) is 0 Å². The Morgan fingerprint density at radius 1 is 1.39 bits per heavy atom. The van der Waals surface area contributed by atoms with Gasteiger partial charge in [0.2, 0.25) is 0 Å². The van der Waals surface area contributed by atoms with Gasteiger partial charge in [0, 0.05) is 17.6 Å². The zero-order valence-electron chi connectivity index (χ0n) is 10.2. The Kier molecular flexibility index (Phi) is 4.61. The van der Waals surface area contributed by atoms with E-state index in [1.807, 2.05) is 24.3 Å². The first-order valence-electron chi connectivity index (χ1n) is 6.37. The molecule has 0 aromatic heterocycles. The van der Waals surface area contributed by atoms with E-state index in [1.165, 1.54) is 0 Å². The molecule has 2 rings (SSSR count). The topological polar surface area (TPSA) is 49.3 Å². The molecule has 1 fully saturated rings. The van der Waals surface area contributed by atoms with Crippen molar-refractivity contribution in [2.45, 2.75) is 38.3 Å². The van der Waals surface area contributed by atoms with Gasteiger partial charge in [-0.05, 0) is 30.5 Å². The zero-order valence-corrected chi connectivity index (χ0v) is 11.0. The van der Waals surface area contributed by atoms with Crippen molar-refractivity contribution in [1.82, 2.24) is 5.32 Å². The second-order valence-electron chi connectivity index (χ2n) is 4.85. The number of carboxylic acid groups (broad SMARTS) is 1. The Labute approximate surface area is 112 Å². The zero-order chi connectivity index (χ0) is 13.0. The van der Waals surface area contributed by atoms with Crippen LogP contribution in [0.5, 0.6) is 0 Å². The highest BCUT2D eigenvalue weighted by atomic mass is 35.5. The second-order valence-corrected chi connectivity index (χ2v) is 5.28. The van der Waals surface area contributed by atoms with Crippen molar-refractivity contribution < 1.29 is 9.90 Å². The molecule has 0 unspecified atom stereocenters. The lowest BCUT2D eigenvalue weighted by atomic mass is 9.84. The monoisotopic (exact) mass is 267 g/mol. The van der Waals surface area contributed by atoms with Crippen LogP contribution in [0, 0.1) is 5.92 Å². The molecule has 0 amide bonds.